The highest BCUT2D eigenvalue weighted by molar-refractivity contribution is 5.59. The summed E-state index contributed by atoms with van der Waals surface area (Å²) in [6, 6.07) is 6.37. The van der Waals surface area contributed by atoms with Gasteiger partial charge in [-0.3, -0.25) is 0 Å². The fourth-order valence-electron chi connectivity index (χ4n) is 2.39. The number of rotatable bonds is 5. The van der Waals surface area contributed by atoms with Crippen molar-refractivity contribution in [3.63, 3.8) is 0 Å². The van der Waals surface area contributed by atoms with Crippen LogP contribution in [0.2, 0.25) is 0 Å². The van der Waals surface area contributed by atoms with E-state index in [4.69, 9.17) is 9.47 Å². The van der Waals surface area contributed by atoms with Crippen LogP contribution < -0.4 is 15.0 Å². The highest BCUT2D eigenvalue weighted by Gasteiger charge is 2.17. The molecule has 1 heterocycles. The quantitative estimate of drug-likeness (QED) is 0.877. The molecule has 19 heavy (non-hydrogen) atoms. The Hall–Kier alpha value is -1.26. The first kappa shape index (κ1) is 14.2. The average molecular weight is 264 g/mol. The van der Waals surface area contributed by atoms with Crippen molar-refractivity contribution < 1.29 is 9.47 Å². The Morgan fingerprint density at radius 3 is 2.95 bits per heavy atom. The molecule has 1 saturated heterocycles. The van der Waals surface area contributed by atoms with Crippen LogP contribution in [0.4, 0.5) is 5.69 Å². The van der Waals surface area contributed by atoms with Crippen molar-refractivity contribution in [2.75, 3.05) is 45.3 Å². The Bertz CT molecular complexity index is 403. The molecule has 2 rings (SSSR count). The van der Waals surface area contributed by atoms with E-state index in [0.717, 1.165) is 44.1 Å². The number of hydrogen-bond acceptors (Lipinski definition) is 4. The van der Waals surface area contributed by atoms with E-state index in [1.807, 2.05) is 6.07 Å². The van der Waals surface area contributed by atoms with Crippen LogP contribution in [0.1, 0.15) is 12.5 Å². The Labute approximate surface area is 115 Å². The van der Waals surface area contributed by atoms with Crippen LogP contribution >= 0.6 is 0 Å². The standard InChI is InChI=1S/C15H24N2O2/c1-4-12-5-6-15(18-3)14(9-12)17(2)11-13-10-16-7-8-19-13/h5-6,9,13,16H,4,7-8,10-11H2,1-3H3. The van der Waals surface area contributed by atoms with Crippen LogP contribution in [-0.2, 0) is 11.2 Å². The minimum Gasteiger partial charge on any atom is -0.495 e. The fourth-order valence-corrected chi connectivity index (χ4v) is 2.39. The molecule has 1 atom stereocenters. The lowest BCUT2D eigenvalue weighted by Gasteiger charge is -2.30. The molecule has 0 spiro atoms. The third-order valence-corrected chi connectivity index (χ3v) is 3.54. The van der Waals surface area contributed by atoms with E-state index >= 15 is 0 Å². The van der Waals surface area contributed by atoms with E-state index in [9.17, 15) is 0 Å². The Morgan fingerprint density at radius 1 is 1.47 bits per heavy atom. The number of anilines is 1. The van der Waals surface area contributed by atoms with Gasteiger partial charge in [0.25, 0.3) is 0 Å². The molecule has 0 aliphatic carbocycles. The molecule has 1 aliphatic rings. The number of methoxy groups -OCH3 is 1. The second-order valence-electron chi connectivity index (χ2n) is 4.94. The summed E-state index contributed by atoms with van der Waals surface area (Å²) in [6.07, 6.45) is 1.28. The monoisotopic (exact) mass is 264 g/mol. The third-order valence-electron chi connectivity index (χ3n) is 3.54. The fraction of sp³-hybridized carbons (Fsp3) is 0.600. The lowest BCUT2D eigenvalue weighted by Crippen LogP contribution is -2.44. The molecule has 4 nitrogen and oxygen atoms in total. The van der Waals surface area contributed by atoms with Crippen molar-refractivity contribution in [2.45, 2.75) is 19.4 Å². The number of nitrogens with one attached hydrogen (secondary N) is 1. The van der Waals surface area contributed by atoms with E-state index in [-0.39, 0.29) is 6.10 Å². The summed E-state index contributed by atoms with van der Waals surface area (Å²) in [5.41, 5.74) is 2.46. The predicted octanol–water partition coefficient (Wildman–Crippen LogP) is 1.68. The summed E-state index contributed by atoms with van der Waals surface area (Å²) in [7, 11) is 3.81. The lowest BCUT2D eigenvalue weighted by molar-refractivity contribution is 0.0340. The van der Waals surface area contributed by atoms with Gasteiger partial charge >= 0.3 is 0 Å². The van der Waals surface area contributed by atoms with Gasteiger partial charge in [0, 0.05) is 26.7 Å². The van der Waals surface area contributed by atoms with E-state index in [0.29, 0.717) is 0 Å². The van der Waals surface area contributed by atoms with Crippen molar-refractivity contribution in [3.05, 3.63) is 23.8 Å². The number of aryl methyl sites for hydroxylation is 1. The van der Waals surface area contributed by atoms with Gasteiger partial charge in [-0.1, -0.05) is 13.0 Å². The van der Waals surface area contributed by atoms with E-state index in [1.165, 1.54) is 5.56 Å². The molecule has 0 saturated carbocycles. The van der Waals surface area contributed by atoms with Gasteiger partial charge in [0.1, 0.15) is 5.75 Å². The second-order valence-corrected chi connectivity index (χ2v) is 4.94. The molecule has 4 heteroatoms. The summed E-state index contributed by atoms with van der Waals surface area (Å²) in [5, 5.41) is 3.36. The summed E-state index contributed by atoms with van der Waals surface area (Å²) < 4.78 is 11.2. The van der Waals surface area contributed by atoms with Gasteiger partial charge in [-0.15, -0.1) is 0 Å². The first-order chi connectivity index (χ1) is 9.24. The predicted molar refractivity (Wildman–Crippen MR) is 78.3 cm³/mol. The number of morpholine rings is 1. The second kappa shape index (κ2) is 6.78. The highest BCUT2D eigenvalue weighted by atomic mass is 16.5. The van der Waals surface area contributed by atoms with Gasteiger partial charge in [0.05, 0.1) is 25.5 Å². The SMILES string of the molecule is CCc1ccc(OC)c(N(C)CC2CNCCO2)c1. The van der Waals surface area contributed by atoms with Gasteiger partial charge < -0.3 is 19.7 Å². The molecule has 1 aromatic carbocycles. The Balaban J connectivity index is 2.09. The van der Waals surface area contributed by atoms with Crippen molar-refractivity contribution in [1.29, 1.82) is 0 Å². The molecule has 0 radical (unpaired) electrons. The molecule has 0 amide bonds. The largest absolute Gasteiger partial charge is 0.495 e. The third kappa shape index (κ3) is 3.61. The maximum absolute atomic E-state index is 5.76. The number of hydrogen-bond donors (Lipinski definition) is 1. The van der Waals surface area contributed by atoms with Crippen LogP contribution in [0.25, 0.3) is 0 Å². The van der Waals surface area contributed by atoms with Crippen molar-refractivity contribution in [2.24, 2.45) is 0 Å². The zero-order chi connectivity index (χ0) is 13.7. The zero-order valence-corrected chi connectivity index (χ0v) is 12.1. The van der Waals surface area contributed by atoms with Crippen LogP contribution in [-0.4, -0.2) is 46.5 Å². The normalized spacial score (nSPS) is 19.2. The molecule has 1 aromatic rings. The maximum atomic E-state index is 5.76. The van der Waals surface area contributed by atoms with Gasteiger partial charge in [-0.25, -0.2) is 0 Å². The maximum Gasteiger partial charge on any atom is 0.142 e. The molecule has 1 fully saturated rings. The summed E-state index contributed by atoms with van der Waals surface area (Å²) in [6.45, 7) is 5.70. The summed E-state index contributed by atoms with van der Waals surface area (Å²) >= 11 is 0. The van der Waals surface area contributed by atoms with Crippen molar-refractivity contribution in [3.8, 4) is 5.75 Å². The molecular formula is C15H24N2O2. The zero-order valence-electron chi connectivity index (χ0n) is 12.1. The first-order valence-corrected chi connectivity index (χ1v) is 6.95. The molecule has 1 aliphatic heterocycles. The number of benzene rings is 1. The molecule has 106 valence electrons. The van der Waals surface area contributed by atoms with Crippen molar-refractivity contribution in [1.82, 2.24) is 5.32 Å². The van der Waals surface area contributed by atoms with Gasteiger partial charge in [-0.05, 0) is 24.1 Å². The minimum atomic E-state index is 0.244. The smallest absolute Gasteiger partial charge is 0.142 e. The summed E-state index contributed by atoms with van der Waals surface area (Å²) in [4.78, 5) is 2.22. The van der Waals surface area contributed by atoms with E-state index in [2.05, 4.69) is 36.3 Å². The lowest BCUT2D eigenvalue weighted by atomic mass is 10.1. The van der Waals surface area contributed by atoms with Crippen LogP contribution in [0.3, 0.4) is 0 Å². The summed E-state index contributed by atoms with van der Waals surface area (Å²) in [5.74, 6) is 0.920. The topological polar surface area (TPSA) is 33.7 Å². The minimum absolute atomic E-state index is 0.244. The number of nitrogens with zero attached hydrogens (tertiary/aromatic N) is 1. The number of likely N-dealkylation sites (N-methyl/N-ethyl adjacent to an activating group) is 1. The van der Waals surface area contributed by atoms with Gasteiger partial charge in [0.2, 0.25) is 0 Å². The van der Waals surface area contributed by atoms with E-state index < -0.39 is 0 Å². The Kier molecular flexibility index (Phi) is 5.05. The van der Waals surface area contributed by atoms with E-state index in [1.54, 1.807) is 7.11 Å². The van der Waals surface area contributed by atoms with Crippen LogP contribution in [0.5, 0.6) is 5.75 Å². The first-order valence-electron chi connectivity index (χ1n) is 6.95. The highest BCUT2D eigenvalue weighted by Crippen LogP contribution is 2.29. The van der Waals surface area contributed by atoms with Crippen molar-refractivity contribution >= 4 is 5.69 Å². The average Bonchev–Trinajstić information content (AvgIpc) is 2.47. The van der Waals surface area contributed by atoms with Gasteiger partial charge in [-0.2, -0.15) is 0 Å². The Morgan fingerprint density at radius 2 is 2.32 bits per heavy atom. The molecule has 0 aromatic heterocycles. The van der Waals surface area contributed by atoms with Crippen LogP contribution in [0, 0.1) is 0 Å². The van der Waals surface area contributed by atoms with Gasteiger partial charge in [0.15, 0.2) is 0 Å². The number of ether oxygens (including phenoxy) is 2. The molecular weight excluding hydrogens is 240 g/mol. The molecule has 1 N–H and O–H groups in total. The van der Waals surface area contributed by atoms with Crippen LogP contribution in [0.15, 0.2) is 18.2 Å². The molecule has 0 bridgehead atoms. The molecule has 1 unspecified atom stereocenters.